The van der Waals surface area contributed by atoms with Crippen LogP contribution in [0.15, 0.2) is 54.7 Å². The van der Waals surface area contributed by atoms with Crippen molar-refractivity contribution in [3.8, 4) is 28.0 Å². The maximum absolute atomic E-state index is 13.3. The fraction of sp³-hybridized carbons (Fsp3) is 0.406. The Morgan fingerprint density at radius 1 is 1.02 bits per heavy atom. The number of alkyl halides is 6. The molecule has 0 fully saturated rings. The van der Waals surface area contributed by atoms with Crippen molar-refractivity contribution in [1.29, 1.82) is 0 Å². The number of fused-ring (bicyclic) bond motifs is 1. The first-order chi connectivity index (χ1) is 22.1. The van der Waals surface area contributed by atoms with Crippen LogP contribution in [0.1, 0.15) is 49.3 Å². The van der Waals surface area contributed by atoms with Gasteiger partial charge in [-0.25, -0.2) is 9.59 Å². The average molecular weight is 687 g/mol. The van der Waals surface area contributed by atoms with Crippen LogP contribution in [0.3, 0.4) is 0 Å². The second-order valence-electron chi connectivity index (χ2n) is 12.1. The number of rotatable bonds is 8. The number of carbonyl (C=O) groups excluding carboxylic acids is 2. The zero-order valence-electron chi connectivity index (χ0n) is 26.8. The predicted molar refractivity (Wildman–Crippen MR) is 163 cm³/mol. The van der Waals surface area contributed by atoms with Gasteiger partial charge in [-0.15, -0.1) is 13.2 Å². The van der Waals surface area contributed by atoms with E-state index >= 15 is 0 Å². The zero-order valence-corrected chi connectivity index (χ0v) is 26.8. The summed E-state index contributed by atoms with van der Waals surface area (Å²) in [5.74, 6) is -3.40. The number of halogens is 6. The first-order valence-electron chi connectivity index (χ1n) is 14.5. The molecule has 1 atom stereocenters. The molecule has 3 N–H and O–H groups in total. The highest BCUT2D eigenvalue weighted by molar-refractivity contribution is 6.05. The summed E-state index contributed by atoms with van der Waals surface area (Å²) in [6.07, 6.45) is -8.18. The molecular formula is C32H36F6N4O6. The van der Waals surface area contributed by atoms with Crippen LogP contribution in [0.25, 0.3) is 22.3 Å². The maximum Gasteiger partial charge on any atom is 0.573 e. The summed E-state index contributed by atoms with van der Waals surface area (Å²) in [7, 11) is 3.93. The number of carbonyl (C=O) groups is 3. The van der Waals surface area contributed by atoms with Crippen LogP contribution in [-0.4, -0.2) is 77.9 Å². The third-order valence-corrected chi connectivity index (χ3v) is 6.65. The Kier molecular flexibility index (Phi) is 11.8. The van der Waals surface area contributed by atoms with E-state index in [1.54, 1.807) is 33.0 Å². The Hall–Kier alpha value is -4.73. The third kappa shape index (κ3) is 10.9. The lowest BCUT2D eigenvalue weighted by Gasteiger charge is -2.27. The molecule has 16 heteroatoms. The van der Waals surface area contributed by atoms with Gasteiger partial charge in [-0.1, -0.05) is 36.4 Å². The van der Waals surface area contributed by atoms with Gasteiger partial charge >= 0.3 is 24.6 Å². The molecule has 10 nitrogen and oxygen atoms in total. The van der Waals surface area contributed by atoms with Crippen molar-refractivity contribution >= 4 is 18.0 Å². The van der Waals surface area contributed by atoms with Crippen LogP contribution in [0.4, 0.5) is 31.1 Å². The molecule has 1 aliphatic rings. The van der Waals surface area contributed by atoms with Gasteiger partial charge in [0.05, 0.1) is 6.04 Å². The van der Waals surface area contributed by atoms with Gasteiger partial charge in [0, 0.05) is 37.0 Å². The van der Waals surface area contributed by atoms with Crippen LogP contribution >= 0.6 is 0 Å². The monoisotopic (exact) mass is 686 g/mol. The molecule has 48 heavy (non-hydrogen) atoms. The first-order valence-corrected chi connectivity index (χ1v) is 14.5. The smallest absolute Gasteiger partial charge is 0.475 e. The van der Waals surface area contributed by atoms with Crippen LogP contribution < -0.4 is 15.4 Å². The van der Waals surface area contributed by atoms with Gasteiger partial charge in [0.2, 0.25) is 0 Å². The molecule has 0 spiro atoms. The molecule has 0 saturated carbocycles. The van der Waals surface area contributed by atoms with Gasteiger partial charge in [-0.05, 0) is 70.1 Å². The number of nitrogens with zero attached hydrogens (tertiary/aromatic N) is 2. The number of hydrogen-bond donors (Lipinski definition) is 3. The molecule has 0 bridgehead atoms. The number of carboxylic acids is 1. The van der Waals surface area contributed by atoms with Gasteiger partial charge in [0.1, 0.15) is 17.0 Å². The molecule has 1 aliphatic heterocycles. The lowest BCUT2D eigenvalue weighted by Crippen LogP contribution is -2.40. The number of carboxylic acid groups (broad SMARTS) is 1. The molecule has 4 rings (SSSR count). The number of benzene rings is 2. The summed E-state index contributed by atoms with van der Waals surface area (Å²) in [6.45, 7) is 6.69. The number of alkyl carbamates (subject to hydrolysis) is 1. The van der Waals surface area contributed by atoms with Gasteiger partial charge in [0.15, 0.2) is 0 Å². The summed E-state index contributed by atoms with van der Waals surface area (Å²) < 4.78 is 82.0. The van der Waals surface area contributed by atoms with Crippen LogP contribution in [0.2, 0.25) is 0 Å². The Morgan fingerprint density at radius 2 is 1.65 bits per heavy atom. The van der Waals surface area contributed by atoms with Crippen molar-refractivity contribution in [3.05, 3.63) is 66.0 Å². The van der Waals surface area contributed by atoms with Crippen molar-refractivity contribution in [2.75, 3.05) is 27.2 Å². The van der Waals surface area contributed by atoms with E-state index in [1.165, 1.54) is 18.2 Å². The van der Waals surface area contributed by atoms with Gasteiger partial charge < -0.3 is 34.7 Å². The van der Waals surface area contributed by atoms with Crippen molar-refractivity contribution < 1.29 is 55.3 Å². The number of nitrogens with one attached hydrogen (secondary N) is 2. The zero-order chi connectivity index (χ0) is 36.0. The maximum atomic E-state index is 13.3. The molecule has 0 unspecified atom stereocenters. The van der Waals surface area contributed by atoms with E-state index in [0.717, 1.165) is 17.7 Å². The van der Waals surface area contributed by atoms with E-state index < -0.39 is 30.2 Å². The molecule has 2 amide bonds. The highest BCUT2D eigenvalue weighted by Crippen LogP contribution is 2.41. The SMILES string of the molecule is CN(C)Cc1ccc(-c2c(-c3cccc(OC(F)(F)F)c3)cn3c2C(=O)NC[C@@H]3CCNC(=O)OC(C)(C)C)cc1.O=C(O)C(F)(F)F. The Labute approximate surface area is 272 Å². The molecule has 3 aromatic rings. The van der Waals surface area contributed by atoms with Crippen LogP contribution in [-0.2, 0) is 16.1 Å². The van der Waals surface area contributed by atoms with Crippen molar-refractivity contribution in [3.63, 3.8) is 0 Å². The standard InChI is InChI=1S/C30H35F3N4O4.C2HF3O2/c1-29(2,3)41-28(39)34-14-13-22-16-35-27(38)26-25(20-11-9-19(10-12-20)17-36(4)5)24(18-37(22)26)21-7-6-8-23(15-21)40-30(31,32)33;3-2(4,5)1(6)7/h6-12,15,18,22H,13-14,16-17H2,1-5H3,(H,34,39)(H,35,38);(H,6,7)/t22-;/m0./s1. The quantitative estimate of drug-likeness (QED) is 0.228. The van der Waals surface area contributed by atoms with Crippen molar-refractivity contribution in [2.24, 2.45) is 0 Å². The fourth-order valence-electron chi connectivity index (χ4n) is 4.85. The predicted octanol–water partition coefficient (Wildman–Crippen LogP) is 6.61. The number of aliphatic carboxylic acids is 1. The normalized spacial score (nSPS) is 14.8. The van der Waals surface area contributed by atoms with Crippen molar-refractivity contribution in [2.45, 2.75) is 57.9 Å². The lowest BCUT2D eigenvalue weighted by atomic mass is 9.95. The first kappa shape index (κ1) is 37.7. The molecule has 0 radical (unpaired) electrons. The molecule has 262 valence electrons. The highest BCUT2D eigenvalue weighted by atomic mass is 19.4. The number of hydrogen-bond acceptors (Lipinski definition) is 6. The van der Waals surface area contributed by atoms with E-state index in [-0.39, 0.29) is 17.7 Å². The van der Waals surface area contributed by atoms with E-state index in [0.29, 0.717) is 41.9 Å². The van der Waals surface area contributed by atoms with Crippen LogP contribution in [0.5, 0.6) is 5.75 Å². The minimum atomic E-state index is -5.08. The van der Waals surface area contributed by atoms with Crippen molar-refractivity contribution in [1.82, 2.24) is 20.1 Å². The molecule has 0 aliphatic carbocycles. The second kappa shape index (κ2) is 15.0. The molecule has 0 saturated heterocycles. The fourth-order valence-corrected chi connectivity index (χ4v) is 4.85. The van der Waals surface area contributed by atoms with E-state index in [1.807, 2.05) is 47.8 Å². The topological polar surface area (TPSA) is 122 Å². The minimum absolute atomic E-state index is 0.215. The summed E-state index contributed by atoms with van der Waals surface area (Å²) in [4.78, 5) is 36.4. The molecule has 2 heterocycles. The van der Waals surface area contributed by atoms with Gasteiger partial charge in [-0.3, -0.25) is 4.79 Å². The van der Waals surface area contributed by atoms with E-state index in [2.05, 4.69) is 15.4 Å². The minimum Gasteiger partial charge on any atom is -0.475 e. The number of amides is 2. The molecule has 2 aromatic carbocycles. The lowest BCUT2D eigenvalue weighted by molar-refractivity contribution is -0.274. The summed E-state index contributed by atoms with van der Waals surface area (Å²) in [5, 5.41) is 12.8. The van der Waals surface area contributed by atoms with Gasteiger partial charge in [0.25, 0.3) is 5.91 Å². The van der Waals surface area contributed by atoms with Gasteiger partial charge in [-0.2, -0.15) is 13.2 Å². The number of ether oxygens (including phenoxy) is 2. The second-order valence-corrected chi connectivity index (χ2v) is 12.1. The summed E-state index contributed by atoms with van der Waals surface area (Å²) >= 11 is 0. The summed E-state index contributed by atoms with van der Waals surface area (Å²) in [5.41, 5.74) is 3.26. The largest absolute Gasteiger partial charge is 0.573 e. The Bertz CT molecular complexity index is 1590. The average Bonchev–Trinajstić information content (AvgIpc) is 3.34. The number of aromatic nitrogens is 1. The summed E-state index contributed by atoms with van der Waals surface area (Å²) in [6, 6.07) is 13.3. The van der Waals surface area contributed by atoms with Crippen LogP contribution in [0, 0.1) is 0 Å². The molecule has 1 aromatic heterocycles. The Morgan fingerprint density at radius 3 is 2.19 bits per heavy atom. The van der Waals surface area contributed by atoms with E-state index in [4.69, 9.17) is 14.6 Å². The van der Waals surface area contributed by atoms with E-state index in [9.17, 15) is 35.9 Å². The molecular weight excluding hydrogens is 650 g/mol. The highest BCUT2D eigenvalue weighted by Gasteiger charge is 2.38. The Balaban J connectivity index is 0.000000804. The third-order valence-electron chi connectivity index (χ3n) is 6.65.